The molecule has 1 aromatic heterocycles. The highest BCUT2D eigenvalue weighted by Crippen LogP contribution is 2.15. The number of anilines is 1. The van der Waals surface area contributed by atoms with Crippen LogP contribution >= 0.6 is 0 Å². The van der Waals surface area contributed by atoms with E-state index in [9.17, 15) is 4.79 Å². The molecule has 6 nitrogen and oxygen atoms in total. The number of aromatic nitrogens is 2. The zero-order valence-electron chi connectivity index (χ0n) is 9.82. The molecule has 0 bridgehead atoms. The van der Waals surface area contributed by atoms with Crippen molar-refractivity contribution in [3.63, 3.8) is 0 Å². The van der Waals surface area contributed by atoms with Crippen LogP contribution in [0.1, 0.15) is 29.5 Å². The smallest absolute Gasteiger partial charge is 0.271 e. The molecule has 0 aliphatic heterocycles. The maximum Gasteiger partial charge on any atom is 0.271 e. The van der Waals surface area contributed by atoms with Crippen LogP contribution in [0.25, 0.3) is 0 Å². The maximum absolute atomic E-state index is 11.9. The van der Waals surface area contributed by atoms with E-state index in [1.54, 1.807) is 14.0 Å². The van der Waals surface area contributed by atoms with Gasteiger partial charge in [0.25, 0.3) is 5.91 Å². The summed E-state index contributed by atoms with van der Waals surface area (Å²) in [6, 6.07) is -0.248. The minimum absolute atomic E-state index is 0.0843. The van der Waals surface area contributed by atoms with E-state index in [0.717, 1.165) is 0 Å². The van der Waals surface area contributed by atoms with Crippen molar-refractivity contribution in [1.82, 2.24) is 15.1 Å². The average molecular weight is 226 g/mol. The van der Waals surface area contributed by atoms with Crippen LogP contribution in [0.2, 0.25) is 0 Å². The van der Waals surface area contributed by atoms with Gasteiger partial charge >= 0.3 is 0 Å². The molecule has 16 heavy (non-hydrogen) atoms. The number of hydrogen-bond donors (Lipinski definition) is 3. The Morgan fingerprint density at radius 3 is 2.69 bits per heavy atom. The van der Waals surface area contributed by atoms with Crippen LogP contribution in [0.4, 0.5) is 5.69 Å². The molecule has 1 heterocycles. The molecule has 0 radical (unpaired) electrons. The summed E-state index contributed by atoms with van der Waals surface area (Å²) in [4.78, 5) is 11.9. The zero-order chi connectivity index (χ0) is 12.3. The molecule has 1 aromatic rings. The lowest BCUT2D eigenvalue weighted by Crippen LogP contribution is -2.38. The van der Waals surface area contributed by atoms with Gasteiger partial charge in [-0.05, 0) is 13.3 Å². The van der Waals surface area contributed by atoms with Crippen molar-refractivity contribution in [1.29, 1.82) is 0 Å². The van der Waals surface area contributed by atoms with Crippen molar-refractivity contribution in [2.24, 2.45) is 7.05 Å². The standard InChI is InChI=1S/C10H18N4O2/c1-4-7(5-15)12-10(16)9-8(11)6(2)13-14(9)3/h7,15H,4-5,11H2,1-3H3,(H,12,16). The van der Waals surface area contributed by atoms with Gasteiger partial charge in [0.05, 0.1) is 24.0 Å². The Hall–Kier alpha value is -1.56. The summed E-state index contributed by atoms with van der Waals surface area (Å²) >= 11 is 0. The van der Waals surface area contributed by atoms with Gasteiger partial charge in [-0.3, -0.25) is 9.48 Å². The number of rotatable bonds is 4. The van der Waals surface area contributed by atoms with Gasteiger partial charge in [0.1, 0.15) is 5.69 Å². The summed E-state index contributed by atoms with van der Waals surface area (Å²) in [5.41, 5.74) is 7.11. The Morgan fingerprint density at radius 2 is 2.31 bits per heavy atom. The van der Waals surface area contributed by atoms with Gasteiger partial charge in [-0.1, -0.05) is 6.92 Å². The molecular formula is C10H18N4O2. The number of carbonyl (C=O) groups excluding carboxylic acids is 1. The van der Waals surface area contributed by atoms with Gasteiger partial charge < -0.3 is 16.2 Å². The fraction of sp³-hybridized carbons (Fsp3) is 0.600. The number of carbonyl (C=O) groups is 1. The van der Waals surface area contributed by atoms with E-state index < -0.39 is 0 Å². The molecule has 90 valence electrons. The lowest BCUT2D eigenvalue weighted by Gasteiger charge is -2.14. The molecule has 1 unspecified atom stereocenters. The fourth-order valence-electron chi connectivity index (χ4n) is 1.47. The molecule has 0 saturated heterocycles. The number of hydrogen-bond acceptors (Lipinski definition) is 4. The molecule has 0 aliphatic rings. The van der Waals surface area contributed by atoms with Gasteiger partial charge in [0, 0.05) is 7.05 Å². The van der Waals surface area contributed by atoms with Crippen molar-refractivity contribution in [3.05, 3.63) is 11.4 Å². The molecule has 0 aliphatic carbocycles. The molecule has 6 heteroatoms. The number of aliphatic hydroxyl groups is 1. The number of nitrogens with one attached hydrogen (secondary N) is 1. The lowest BCUT2D eigenvalue weighted by molar-refractivity contribution is 0.0906. The third kappa shape index (κ3) is 2.33. The zero-order valence-corrected chi connectivity index (χ0v) is 9.82. The SMILES string of the molecule is CCC(CO)NC(=O)c1c(N)c(C)nn1C. The molecule has 0 aromatic carbocycles. The molecule has 0 spiro atoms. The monoisotopic (exact) mass is 226 g/mol. The number of aliphatic hydroxyl groups excluding tert-OH is 1. The molecule has 4 N–H and O–H groups in total. The van der Waals surface area contributed by atoms with Gasteiger partial charge in [-0.25, -0.2) is 0 Å². The van der Waals surface area contributed by atoms with E-state index in [-0.39, 0.29) is 18.6 Å². The number of nitrogens with zero attached hydrogens (tertiary/aromatic N) is 2. The Balaban J connectivity index is 2.88. The third-order valence-electron chi connectivity index (χ3n) is 2.53. The number of nitrogen functional groups attached to an aromatic ring is 1. The maximum atomic E-state index is 11.9. The van der Waals surface area contributed by atoms with Crippen molar-refractivity contribution >= 4 is 11.6 Å². The highest BCUT2D eigenvalue weighted by molar-refractivity contribution is 5.98. The Labute approximate surface area is 94.4 Å². The summed E-state index contributed by atoms with van der Waals surface area (Å²) in [6.07, 6.45) is 0.666. The van der Waals surface area contributed by atoms with Crippen LogP contribution in [0.3, 0.4) is 0 Å². The van der Waals surface area contributed by atoms with E-state index >= 15 is 0 Å². The second-order valence-corrected chi connectivity index (χ2v) is 3.73. The van der Waals surface area contributed by atoms with Crippen LogP contribution in [0, 0.1) is 6.92 Å². The summed E-state index contributed by atoms with van der Waals surface area (Å²) in [5.74, 6) is -0.304. The second kappa shape index (κ2) is 4.98. The lowest BCUT2D eigenvalue weighted by atomic mass is 10.2. The Morgan fingerprint density at radius 1 is 1.69 bits per heavy atom. The number of amides is 1. The molecular weight excluding hydrogens is 208 g/mol. The van der Waals surface area contributed by atoms with E-state index in [4.69, 9.17) is 10.8 Å². The average Bonchev–Trinajstić information content (AvgIpc) is 2.49. The fourth-order valence-corrected chi connectivity index (χ4v) is 1.47. The molecule has 1 amide bonds. The second-order valence-electron chi connectivity index (χ2n) is 3.73. The van der Waals surface area contributed by atoms with Crippen LogP contribution < -0.4 is 11.1 Å². The van der Waals surface area contributed by atoms with Crippen LogP contribution in [-0.4, -0.2) is 33.4 Å². The third-order valence-corrected chi connectivity index (χ3v) is 2.53. The largest absolute Gasteiger partial charge is 0.395 e. The highest BCUT2D eigenvalue weighted by Gasteiger charge is 2.19. The van der Waals surface area contributed by atoms with Gasteiger partial charge in [0.2, 0.25) is 0 Å². The topological polar surface area (TPSA) is 93.2 Å². The van der Waals surface area contributed by atoms with E-state index in [1.807, 2.05) is 6.92 Å². The summed E-state index contributed by atoms with van der Waals surface area (Å²) in [5, 5.41) is 15.8. The molecule has 1 rings (SSSR count). The van der Waals surface area contributed by atoms with Crippen molar-refractivity contribution in [2.75, 3.05) is 12.3 Å². The Bertz CT molecular complexity index is 382. The number of aryl methyl sites for hydroxylation is 2. The van der Waals surface area contributed by atoms with E-state index in [2.05, 4.69) is 10.4 Å². The molecule has 0 saturated carbocycles. The van der Waals surface area contributed by atoms with Crippen LogP contribution in [-0.2, 0) is 7.05 Å². The van der Waals surface area contributed by atoms with Gasteiger partial charge in [-0.15, -0.1) is 0 Å². The summed E-state index contributed by atoms with van der Waals surface area (Å²) in [6.45, 7) is 3.55. The first-order valence-corrected chi connectivity index (χ1v) is 5.22. The normalized spacial score (nSPS) is 12.5. The van der Waals surface area contributed by atoms with Crippen molar-refractivity contribution in [2.45, 2.75) is 26.3 Å². The van der Waals surface area contributed by atoms with Crippen molar-refractivity contribution < 1.29 is 9.90 Å². The van der Waals surface area contributed by atoms with Gasteiger partial charge in [0.15, 0.2) is 0 Å². The first-order chi connectivity index (χ1) is 7.51. The molecule has 1 atom stereocenters. The summed E-state index contributed by atoms with van der Waals surface area (Å²) in [7, 11) is 1.66. The number of nitrogens with two attached hydrogens (primary N) is 1. The minimum atomic E-state index is -0.304. The predicted molar refractivity (Wildman–Crippen MR) is 61.0 cm³/mol. The van der Waals surface area contributed by atoms with Crippen molar-refractivity contribution in [3.8, 4) is 0 Å². The Kier molecular flexibility index (Phi) is 3.89. The first kappa shape index (κ1) is 12.5. The highest BCUT2D eigenvalue weighted by atomic mass is 16.3. The van der Waals surface area contributed by atoms with E-state index in [0.29, 0.717) is 23.5 Å². The minimum Gasteiger partial charge on any atom is -0.395 e. The quantitative estimate of drug-likeness (QED) is 0.663. The molecule has 0 fully saturated rings. The van der Waals surface area contributed by atoms with E-state index in [1.165, 1.54) is 4.68 Å². The van der Waals surface area contributed by atoms with Gasteiger partial charge in [-0.2, -0.15) is 5.10 Å². The summed E-state index contributed by atoms with van der Waals surface area (Å²) < 4.78 is 1.45. The van der Waals surface area contributed by atoms with Crippen LogP contribution in [0.5, 0.6) is 0 Å². The predicted octanol–water partition coefficient (Wildman–Crippen LogP) is -0.189. The van der Waals surface area contributed by atoms with Crippen LogP contribution in [0.15, 0.2) is 0 Å². The first-order valence-electron chi connectivity index (χ1n) is 5.22.